The van der Waals surface area contributed by atoms with Crippen molar-refractivity contribution in [2.24, 2.45) is 4.99 Å². The molecule has 0 spiro atoms. The SMILES string of the molecule is C=COC1=NCCO1. The normalized spacial score (nSPS) is 16.8. The minimum absolute atomic E-state index is 0.333. The lowest BCUT2D eigenvalue weighted by molar-refractivity contribution is 0.251. The van der Waals surface area contributed by atoms with Crippen LogP contribution >= 0.6 is 0 Å². The molecule has 0 aliphatic carbocycles. The van der Waals surface area contributed by atoms with Gasteiger partial charge in [-0.3, -0.25) is 0 Å². The van der Waals surface area contributed by atoms with Crippen molar-refractivity contribution < 1.29 is 9.47 Å². The first-order valence-corrected chi connectivity index (χ1v) is 2.38. The fraction of sp³-hybridized carbons (Fsp3) is 0.400. The van der Waals surface area contributed by atoms with E-state index in [1.54, 1.807) is 0 Å². The molecule has 0 aromatic carbocycles. The highest BCUT2D eigenvalue weighted by Crippen LogP contribution is 1.94. The standard InChI is InChI=1S/C5H7NO2/c1-2-7-5-6-3-4-8-5/h2H,1,3-4H2. The first-order valence-electron chi connectivity index (χ1n) is 2.38. The topological polar surface area (TPSA) is 30.8 Å². The van der Waals surface area contributed by atoms with Crippen LogP contribution in [0.3, 0.4) is 0 Å². The third kappa shape index (κ3) is 0.992. The highest BCUT2D eigenvalue weighted by atomic mass is 16.7. The fourth-order valence-electron chi connectivity index (χ4n) is 0.458. The van der Waals surface area contributed by atoms with Crippen LogP contribution in [0.2, 0.25) is 0 Å². The average molecular weight is 113 g/mol. The Labute approximate surface area is 47.6 Å². The van der Waals surface area contributed by atoms with E-state index in [-0.39, 0.29) is 0 Å². The molecule has 0 aromatic rings. The van der Waals surface area contributed by atoms with Crippen molar-refractivity contribution in [3.05, 3.63) is 12.8 Å². The van der Waals surface area contributed by atoms with Gasteiger partial charge in [-0.2, -0.15) is 0 Å². The maximum absolute atomic E-state index is 4.85. The van der Waals surface area contributed by atoms with Crippen LogP contribution in [0, 0.1) is 0 Å². The Hall–Kier alpha value is -0.990. The van der Waals surface area contributed by atoms with Crippen LogP contribution in [-0.2, 0) is 9.47 Å². The Balaban J connectivity index is 2.33. The number of ether oxygens (including phenoxy) is 2. The zero-order chi connectivity index (χ0) is 5.82. The van der Waals surface area contributed by atoms with E-state index in [0.717, 1.165) is 0 Å². The zero-order valence-electron chi connectivity index (χ0n) is 4.46. The highest BCUT2D eigenvalue weighted by Gasteiger charge is 2.04. The molecule has 0 saturated carbocycles. The maximum Gasteiger partial charge on any atom is 0.388 e. The Bertz CT molecular complexity index is 120. The molecular formula is C5H7NO2. The number of rotatable bonds is 1. The van der Waals surface area contributed by atoms with Gasteiger partial charge in [0.15, 0.2) is 0 Å². The van der Waals surface area contributed by atoms with E-state index >= 15 is 0 Å². The molecule has 8 heavy (non-hydrogen) atoms. The smallest absolute Gasteiger partial charge is 0.388 e. The Kier molecular flexibility index (Phi) is 1.51. The largest absolute Gasteiger partial charge is 0.448 e. The summed E-state index contributed by atoms with van der Waals surface area (Å²) in [4.78, 5) is 3.83. The van der Waals surface area contributed by atoms with E-state index in [9.17, 15) is 0 Å². The summed E-state index contributed by atoms with van der Waals surface area (Å²) in [6.45, 7) is 4.67. The van der Waals surface area contributed by atoms with Gasteiger partial charge in [0.2, 0.25) is 0 Å². The second-order valence-electron chi connectivity index (χ2n) is 1.28. The third-order valence-corrected chi connectivity index (χ3v) is 0.742. The molecular weight excluding hydrogens is 106 g/mol. The maximum atomic E-state index is 4.85. The van der Waals surface area contributed by atoms with Crippen LogP contribution in [0.4, 0.5) is 0 Å². The van der Waals surface area contributed by atoms with E-state index < -0.39 is 0 Å². The summed E-state index contributed by atoms with van der Waals surface area (Å²) in [6.07, 6.45) is 1.63. The number of nitrogens with zero attached hydrogens (tertiary/aromatic N) is 1. The molecule has 1 heterocycles. The minimum Gasteiger partial charge on any atom is -0.448 e. The van der Waals surface area contributed by atoms with E-state index in [0.29, 0.717) is 19.2 Å². The summed E-state index contributed by atoms with van der Waals surface area (Å²) in [5.41, 5.74) is 0. The molecule has 44 valence electrons. The Morgan fingerprint density at radius 1 is 1.88 bits per heavy atom. The molecule has 0 amide bonds. The molecule has 0 aromatic heterocycles. The molecule has 3 nitrogen and oxygen atoms in total. The Morgan fingerprint density at radius 3 is 3.25 bits per heavy atom. The lowest BCUT2D eigenvalue weighted by Gasteiger charge is -1.94. The van der Waals surface area contributed by atoms with Crippen molar-refractivity contribution >= 4 is 6.08 Å². The predicted molar refractivity (Wildman–Crippen MR) is 29.5 cm³/mol. The fourth-order valence-corrected chi connectivity index (χ4v) is 0.458. The van der Waals surface area contributed by atoms with Crippen LogP contribution in [0.5, 0.6) is 0 Å². The van der Waals surface area contributed by atoms with Crippen molar-refractivity contribution in [2.45, 2.75) is 0 Å². The lowest BCUT2D eigenvalue weighted by atomic mass is 10.8. The first-order chi connectivity index (χ1) is 3.93. The molecule has 0 saturated heterocycles. The summed E-state index contributed by atoms with van der Waals surface area (Å²) in [7, 11) is 0. The van der Waals surface area contributed by atoms with Gasteiger partial charge in [-0.25, -0.2) is 4.99 Å². The summed E-state index contributed by atoms with van der Waals surface area (Å²) < 4.78 is 9.54. The number of hydrogen-bond donors (Lipinski definition) is 0. The van der Waals surface area contributed by atoms with Crippen molar-refractivity contribution in [1.29, 1.82) is 0 Å². The zero-order valence-corrected chi connectivity index (χ0v) is 4.46. The first kappa shape index (κ1) is 5.15. The van der Waals surface area contributed by atoms with Gasteiger partial charge in [-0.05, 0) is 0 Å². The molecule has 0 unspecified atom stereocenters. The van der Waals surface area contributed by atoms with Gasteiger partial charge < -0.3 is 9.47 Å². The molecule has 0 radical (unpaired) electrons. The molecule has 0 N–H and O–H groups in total. The van der Waals surface area contributed by atoms with Gasteiger partial charge in [0.05, 0.1) is 12.8 Å². The second-order valence-corrected chi connectivity index (χ2v) is 1.28. The van der Waals surface area contributed by atoms with Gasteiger partial charge >= 0.3 is 6.08 Å². The van der Waals surface area contributed by atoms with Gasteiger partial charge in [-0.15, -0.1) is 0 Å². The molecule has 0 atom stereocenters. The minimum atomic E-state index is 0.333. The molecule has 1 aliphatic rings. The van der Waals surface area contributed by atoms with E-state index in [2.05, 4.69) is 11.6 Å². The quantitative estimate of drug-likeness (QED) is 0.464. The summed E-state index contributed by atoms with van der Waals surface area (Å²) in [5.74, 6) is 0. The van der Waals surface area contributed by atoms with Gasteiger partial charge in [-0.1, -0.05) is 6.58 Å². The van der Waals surface area contributed by atoms with E-state index in [1.165, 1.54) is 6.26 Å². The number of aliphatic imine (C=N–C) groups is 1. The van der Waals surface area contributed by atoms with Crippen LogP contribution in [0.25, 0.3) is 0 Å². The Morgan fingerprint density at radius 2 is 2.75 bits per heavy atom. The van der Waals surface area contributed by atoms with Crippen molar-refractivity contribution in [3.63, 3.8) is 0 Å². The number of hydrogen-bond acceptors (Lipinski definition) is 3. The van der Waals surface area contributed by atoms with Crippen LogP contribution in [0.15, 0.2) is 17.8 Å². The highest BCUT2D eigenvalue weighted by molar-refractivity contribution is 5.68. The average Bonchev–Trinajstić information content (AvgIpc) is 2.19. The predicted octanol–water partition coefficient (Wildman–Crippen LogP) is 0.533. The van der Waals surface area contributed by atoms with Crippen LogP contribution in [-0.4, -0.2) is 19.2 Å². The summed E-state index contributed by atoms with van der Waals surface area (Å²) in [6, 6.07) is 0. The molecule has 3 heteroatoms. The second kappa shape index (κ2) is 2.35. The van der Waals surface area contributed by atoms with Gasteiger partial charge in [0.25, 0.3) is 0 Å². The lowest BCUT2D eigenvalue weighted by Crippen LogP contribution is -1.98. The van der Waals surface area contributed by atoms with Gasteiger partial charge in [0, 0.05) is 0 Å². The van der Waals surface area contributed by atoms with Crippen LogP contribution in [0.1, 0.15) is 0 Å². The molecule has 0 fully saturated rings. The van der Waals surface area contributed by atoms with Crippen molar-refractivity contribution in [2.75, 3.05) is 13.2 Å². The molecule has 1 rings (SSSR count). The van der Waals surface area contributed by atoms with Crippen LogP contribution < -0.4 is 0 Å². The third-order valence-electron chi connectivity index (χ3n) is 0.742. The van der Waals surface area contributed by atoms with E-state index in [4.69, 9.17) is 9.47 Å². The van der Waals surface area contributed by atoms with Crippen molar-refractivity contribution in [3.8, 4) is 0 Å². The molecule has 1 aliphatic heterocycles. The van der Waals surface area contributed by atoms with Gasteiger partial charge in [0.1, 0.15) is 6.61 Å². The van der Waals surface area contributed by atoms with E-state index in [1.807, 2.05) is 0 Å². The summed E-state index contributed by atoms with van der Waals surface area (Å²) >= 11 is 0. The van der Waals surface area contributed by atoms with Crippen molar-refractivity contribution in [1.82, 2.24) is 0 Å². The summed E-state index contributed by atoms with van der Waals surface area (Å²) in [5, 5.41) is 0. The molecule has 0 bridgehead atoms. The monoisotopic (exact) mass is 113 g/mol.